The van der Waals surface area contributed by atoms with Crippen LogP contribution in [0.5, 0.6) is 0 Å². The summed E-state index contributed by atoms with van der Waals surface area (Å²) in [5, 5.41) is 8.84. The molecule has 0 bridgehead atoms. The van der Waals surface area contributed by atoms with Crippen molar-refractivity contribution >= 4 is 11.4 Å². The summed E-state index contributed by atoms with van der Waals surface area (Å²) in [6.45, 7) is 1.81. The molecule has 2 fully saturated rings. The van der Waals surface area contributed by atoms with Crippen LogP contribution in [0.3, 0.4) is 0 Å². The standard InChI is InChI=1S/C22H31N5/c23-27-15-25-20-10-8-17(13-22(20)27)21-7-4-12-26(21)18-9-11-19(24-14-18)16-5-2-1-3-6-16/h8-11,13-14,16,19,21,24-25H,1-7,12,15,23H2/t19?,21-/m1/s1. The van der Waals surface area contributed by atoms with Crippen molar-refractivity contribution in [3.8, 4) is 0 Å². The highest BCUT2D eigenvalue weighted by Gasteiger charge is 2.30. The van der Waals surface area contributed by atoms with Gasteiger partial charge in [-0.25, -0.2) is 5.84 Å². The van der Waals surface area contributed by atoms with Crippen LogP contribution in [0.1, 0.15) is 56.6 Å². The molecule has 0 radical (unpaired) electrons. The lowest BCUT2D eigenvalue weighted by atomic mass is 9.83. The van der Waals surface area contributed by atoms with Crippen LogP contribution in [-0.2, 0) is 0 Å². The summed E-state index contributed by atoms with van der Waals surface area (Å²) < 4.78 is 0. The molecule has 1 aliphatic carbocycles. The molecule has 4 N–H and O–H groups in total. The summed E-state index contributed by atoms with van der Waals surface area (Å²) in [7, 11) is 0. The van der Waals surface area contributed by atoms with E-state index in [0.29, 0.717) is 18.8 Å². The number of nitrogens with two attached hydrogens (primary N) is 1. The van der Waals surface area contributed by atoms with Crippen molar-refractivity contribution in [3.05, 3.63) is 47.8 Å². The molecule has 1 saturated carbocycles. The molecule has 27 heavy (non-hydrogen) atoms. The third-order valence-corrected chi connectivity index (χ3v) is 6.80. The minimum absolute atomic E-state index is 0.438. The third kappa shape index (κ3) is 3.18. The zero-order chi connectivity index (χ0) is 18.2. The van der Waals surface area contributed by atoms with Crippen LogP contribution in [0.15, 0.2) is 42.2 Å². The highest BCUT2D eigenvalue weighted by atomic mass is 15.5. The number of hydrogen-bond acceptors (Lipinski definition) is 5. The molecule has 2 atom stereocenters. The average molecular weight is 366 g/mol. The topological polar surface area (TPSA) is 56.6 Å². The summed E-state index contributed by atoms with van der Waals surface area (Å²) in [5.74, 6) is 6.91. The fourth-order valence-corrected chi connectivity index (χ4v) is 5.27. The fraction of sp³-hybridized carbons (Fsp3) is 0.545. The Bertz CT molecular complexity index is 749. The number of likely N-dealkylation sites (tertiary alicyclic amines) is 1. The highest BCUT2D eigenvalue weighted by Crippen LogP contribution is 2.40. The largest absolute Gasteiger partial charge is 0.383 e. The number of benzene rings is 1. The minimum atomic E-state index is 0.438. The maximum absolute atomic E-state index is 6.10. The Hall–Kier alpha value is -2.14. The summed E-state index contributed by atoms with van der Waals surface area (Å²) in [6.07, 6.45) is 16.4. The molecule has 1 saturated heterocycles. The van der Waals surface area contributed by atoms with Gasteiger partial charge in [0.25, 0.3) is 0 Å². The van der Waals surface area contributed by atoms with Gasteiger partial charge in [-0.3, -0.25) is 5.01 Å². The third-order valence-electron chi connectivity index (χ3n) is 6.80. The van der Waals surface area contributed by atoms with Crippen molar-refractivity contribution in [1.82, 2.24) is 10.2 Å². The molecule has 4 aliphatic rings. The van der Waals surface area contributed by atoms with Gasteiger partial charge in [0.1, 0.15) is 6.67 Å². The molecule has 3 heterocycles. The Morgan fingerprint density at radius 2 is 1.93 bits per heavy atom. The second-order valence-electron chi connectivity index (χ2n) is 8.45. The maximum atomic E-state index is 6.10. The van der Waals surface area contributed by atoms with Gasteiger partial charge in [0, 0.05) is 18.8 Å². The van der Waals surface area contributed by atoms with E-state index >= 15 is 0 Å². The van der Waals surface area contributed by atoms with Crippen molar-refractivity contribution in [2.24, 2.45) is 11.8 Å². The number of nitrogens with one attached hydrogen (secondary N) is 2. The lowest BCUT2D eigenvalue weighted by molar-refractivity contribution is 0.301. The van der Waals surface area contributed by atoms with E-state index in [4.69, 9.17) is 5.84 Å². The maximum Gasteiger partial charge on any atom is 0.103 e. The number of rotatable bonds is 3. The smallest absolute Gasteiger partial charge is 0.103 e. The summed E-state index contributed by atoms with van der Waals surface area (Å²) in [5.41, 5.74) is 4.95. The lowest BCUT2D eigenvalue weighted by Gasteiger charge is -2.34. The average Bonchev–Trinajstić information content (AvgIpc) is 3.36. The van der Waals surface area contributed by atoms with Gasteiger partial charge in [-0.2, -0.15) is 0 Å². The predicted molar refractivity (Wildman–Crippen MR) is 111 cm³/mol. The molecular formula is C22H31N5. The van der Waals surface area contributed by atoms with Gasteiger partial charge in [0.15, 0.2) is 0 Å². The van der Waals surface area contributed by atoms with Gasteiger partial charge in [0.05, 0.1) is 23.1 Å². The Morgan fingerprint density at radius 3 is 2.74 bits per heavy atom. The second-order valence-corrected chi connectivity index (χ2v) is 8.45. The van der Waals surface area contributed by atoms with E-state index in [1.807, 2.05) is 0 Å². The first-order chi connectivity index (χ1) is 13.3. The lowest BCUT2D eigenvalue weighted by Crippen LogP contribution is -2.36. The van der Waals surface area contributed by atoms with E-state index in [0.717, 1.165) is 23.8 Å². The first-order valence-electron chi connectivity index (χ1n) is 10.6. The Labute approximate surface area is 162 Å². The number of hydrazine groups is 1. The zero-order valence-electron chi connectivity index (χ0n) is 16.0. The van der Waals surface area contributed by atoms with Gasteiger partial charge in [0.2, 0.25) is 0 Å². The number of nitrogens with zero attached hydrogens (tertiary/aromatic N) is 2. The van der Waals surface area contributed by atoms with Gasteiger partial charge in [-0.15, -0.1) is 0 Å². The molecule has 5 heteroatoms. The Balaban J connectivity index is 1.31. The van der Waals surface area contributed by atoms with Crippen molar-refractivity contribution in [2.45, 2.75) is 57.0 Å². The van der Waals surface area contributed by atoms with Crippen LogP contribution in [0, 0.1) is 5.92 Å². The molecule has 144 valence electrons. The van der Waals surface area contributed by atoms with Crippen LogP contribution < -0.4 is 21.5 Å². The number of allylic oxidation sites excluding steroid dienone is 1. The molecule has 3 aliphatic heterocycles. The molecule has 0 spiro atoms. The number of anilines is 2. The molecule has 1 unspecified atom stereocenters. The van der Waals surface area contributed by atoms with Crippen LogP contribution in [-0.4, -0.2) is 24.2 Å². The van der Waals surface area contributed by atoms with Gasteiger partial charge in [-0.1, -0.05) is 31.4 Å². The van der Waals surface area contributed by atoms with Crippen molar-refractivity contribution < 1.29 is 0 Å². The summed E-state index contributed by atoms with van der Waals surface area (Å²) in [4.78, 5) is 2.56. The van der Waals surface area contributed by atoms with Gasteiger partial charge in [-0.05, 0) is 55.4 Å². The summed E-state index contributed by atoms with van der Waals surface area (Å²) >= 11 is 0. The highest BCUT2D eigenvalue weighted by molar-refractivity contribution is 5.74. The number of fused-ring (bicyclic) bond motifs is 1. The van der Waals surface area contributed by atoms with E-state index in [1.54, 1.807) is 5.01 Å². The van der Waals surface area contributed by atoms with Crippen molar-refractivity contribution in [3.63, 3.8) is 0 Å². The van der Waals surface area contributed by atoms with Crippen LogP contribution in [0.2, 0.25) is 0 Å². The van der Waals surface area contributed by atoms with E-state index in [-0.39, 0.29) is 0 Å². The molecule has 5 nitrogen and oxygen atoms in total. The van der Waals surface area contributed by atoms with Crippen LogP contribution in [0.25, 0.3) is 0 Å². The minimum Gasteiger partial charge on any atom is -0.383 e. The molecule has 1 aromatic rings. The second kappa shape index (κ2) is 7.12. The Morgan fingerprint density at radius 1 is 1.04 bits per heavy atom. The molecule has 5 rings (SSSR count). The Kier molecular flexibility index (Phi) is 4.48. The van der Waals surface area contributed by atoms with E-state index in [9.17, 15) is 0 Å². The van der Waals surface area contributed by atoms with Gasteiger partial charge < -0.3 is 15.5 Å². The molecule has 1 aromatic carbocycles. The predicted octanol–water partition coefficient (Wildman–Crippen LogP) is 3.84. The monoisotopic (exact) mass is 365 g/mol. The van der Waals surface area contributed by atoms with Crippen LogP contribution in [0.4, 0.5) is 11.4 Å². The normalized spacial score (nSPS) is 28.0. The molecule has 0 amide bonds. The van der Waals surface area contributed by atoms with E-state index < -0.39 is 0 Å². The number of dihydropyridines is 1. The van der Waals surface area contributed by atoms with Gasteiger partial charge >= 0.3 is 0 Å². The zero-order valence-corrected chi connectivity index (χ0v) is 16.0. The quantitative estimate of drug-likeness (QED) is 0.711. The fourth-order valence-electron chi connectivity index (χ4n) is 5.27. The first kappa shape index (κ1) is 17.0. The van der Waals surface area contributed by atoms with Crippen molar-refractivity contribution in [2.75, 3.05) is 23.5 Å². The molecular weight excluding hydrogens is 334 g/mol. The summed E-state index contributed by atoms with van der Waals surface area (Å²) in [6, 6.07) is 7.67. The van der Waals surface area contributed by atoms with E-state index in [1.165, 1.54) is 56.2 Å². The van der Waals surface area contributed by atoms with Crippen LogP contribution >= 0.6 is 0 Å². The molecule has 0 aromatic heterocycles. The van der Waals surface area contributed by atoms with E-state index in [2.05, 4.69) is 52.1 Å². The first-order valence-corrected chi connectivity index (χ1v) is 10.6. The SMILES string of the molecule is NN1CNc2ccc([C@H]3CCCN3C3=CNC(C4CCCCC4)C=C3)cc21. The number of hydrogen-bond donors (Lipinski definition) is 3. The van der Waals surface area contributed by atoms with Crippen molar-refractivity contribution in [1.29, 1.82) is 0 Å².